The number of hydrogen-bond acceptors (Lipinski definition) is 1. The third kappa shape index (κ3) is 0.615. The topological polar surface area (TPSA) is 3.24 Å². The van der Waals surface area contributed by atoms with Gasteiger partial charge in [0, 0.05) is 24.7 Å². The number of likely N-dealkylation sites (N-methyl/N-ethyl adjacent to an activating group) is 1. The van der Waals surface area contributed by atoms with Gasteiger partial charge in [0.25, 0.3) is 0 Å². The fourth-order valence-corrected chi connectivity index (χ4v) is 2.55. The smallest absolute Gasteiger partial charge is 0.0360 e. The first-order chi connectivity index (χ1) is 5.38. The van der Waals surface area contributed by atoms with Crippen LogP contribution in [-0.4, -0.2) is 18.0 Å². The molecule has 1 aliphatic heterocycles. The van der Waals surface area contributed by atoms with Crippen LogP contribution in [-0.2, 0) is 0 Å². The van der Waals surface area contributed by atoms with Crippen LogP contribution in [0.3, 0.4) is 0 Å². The van der Waals surface area contributed by atoms with Gasteiger partial charge >= 0.3 is 0 Å². The highest BCUT2D eigenvalue weighted by Crippen LogP contribution is 2.52. The molecule has 0 aromatic carbocycles. The van der Waals surface area contributed by atoms with E-state index in [1.54, 1.807) is 5.57 Å². The van der Waals surface area contributed by atoms with Gasteiger partial charge in [0.1, 0.15) is 0 Å². The van der Waals surface area contributed by atoms with E-state index in [1.165, 1.54) is 25.0 Å². The summed E-state index contributed by atoms with van der Waals surface area (Å²) < 4.78 is 0. The van der Waals surface area contributed by atoms with Gasteiger partial charge in [0.15, 0.2) is 0 Å². The summed E-state index contributed by atoms with van der Waals surface area (Å²) in [5, 5.41) is 0. The highest BCUT2D eigenvalue weighted by Gasteiger charge is 2.49. The Hall–Kier alpha value is -0.720. The van der Waals surface area contributed by atoms with E-state index >= 15 is 0 Å². The molecule has 1 heterocycles. The van der Waals surface area contributed by atoms with Crippen molar-refractivity contribution in [1.29, 1.82) is 0 Å². The molecular formula is C10H13N. The van der Waals surface area contributed by atoms with E-state index in [4.69, 9.17) is 0 Å². The second-order valence-electron chi connectivity index (χ2n) is 3.87. The lowest BCUT2D eigenvalue weighted by Crippen LogP contribution is -2.16. The lowest BCUT2D eigenvalue weighted by molar-refractivity contribution is 0.432. The molecule has 0 spiro atoms. The Morgan fingerprint density at radius 1 is 1.55 bits per heavy atom. The predicted octanol–water partition coefficient (Wildman–Crippen LogP) is 1.92. The van der Waals surface area contributed by atoms with Crippen LogP contribution in [0.2, 0.25) is 0 Å². The summed E-state index contributed by atoms with van der Waals surface area (Å²) in [6.45, 7) is 0. The van der Waals surface area contributed by atoms with Crippen molar-refractivity contribution in [2.75, 3.05) is 7.05 Å². The summed E-state index contributed by atoms with van der Waals surface area (Å²) in [4.78, 5) is 2.47. The van der Waals surface area contributed by atoms with E-state index in [0.717, 1.165) is 12.0 Å². The lowest BCUT2D eigenvalue weighted by Gasteiger charge is -2.19. The van der Waals surface area contributed by atoms with Crippen LogP contribution in [0.4, 0.5) is 0 Å². The zero-order chi connectivity index (χ0) is 7.42. The van der Waals surface area contributed by atoms with E-state index in [9.17, 15) is 0 Å². The largest absolute Gasteiger partial charge is 0.371 e. The Kier molecular flexibility index (Phi) is 0.913. The Bertz CT molecular complexity index is 262. The summed E-state index contributed by atoms with van der Waals surface area (Å²) in [5.74, 6) is 0.958. The monoisotopic (exact) mass is 147 g/mol. The van der Waals surface area contributed by atoms with E-state index in [2.05, 4.69) is 24.1 Å². The minimum Gasteiger partial charge on any atom is -0.371 e. The maximum atomic E-state index is 2.47. The van der Waals surface area contributed by atoms with Crippen LogP contribution < -0.4 is 0 Å². The van der Waals surface area contributed by atoms with E-state index in [1.807, 2.05) is 0 Å². The standard InChI is InChI=1S/C10H13N/c1-11-9-5-3-2-4-7(9)8-6-10(8)11/h3,5,8,10H,2,4,6H2,1H3. The highest BCUT2D eigenvalue weighted by molar-refractivity contribution is 5.40. The van der Waals surface area contributed by atoms with Gasteiger partial charge in [-0.25, -0.2) is 0 Å². The minimum atomic E-state index is 0.891. The molecule has 1 fully saturated rings. The molecular weight excluding hydrogens is 134 g/mol. The summed E-state index contributed by atoms with van der Waals surface area (Å²) in [5.41, 5.74) is 3.29. The highest BCUT2D eigenvalue weighted by atomic mass is 15.2. The van der Waals surface area contributed by atoms with Crippen LogP contribution in [0, 0.1) is 5.92 Å². The summed E-state index contributed by atoms with van der Waals surface area (Å²) in [7, 11) is 2.24. The molecule has 0 N–H and O–H groups in total. The second kappa shape index (κ2) is 1.71. The third-order valence-corrected chi connectivity index (χ3v) is 3.27. The van der Waals surface area contributed by atoms with Gasteiger partial charge in [-0.1, -0.05) is 6.08 Å². The van der Waals surface area contributed by atoms with E-state index in [0.29, 0.717) is 0 Å². The average molecular weight is 147 g/mol. The van der Waals surface area contributed by atoms with Crippen molar-refractivity contribution in [2.45, 2.75) is 25.3 Å². The molecule has 0 amide bonds. The summed E-state index contributed by atoms with van der Waals surface area (Å²) in [6, 6.07) is 0.891. The lowest BCUT2D eigenvalue weighted by atomic mass is 10.00. The molecule has 0 bridgehead atoms. The number of nitrogens with zero attached hydrogens (tertiary/aromatic N) is 1. The molecule has 0 aromatic heterocycles. The van der Waals surface area contributed by atoms with Crippen molar-refractivity contribution in [3.63, 3.8) is 0 Å². The molecule has 1 nitrogen and oxygen atoms in total. The number of fused-ring (bicyclic) bond motifs is 2. The zero-order valence-electron chi connectivity index (χ0n) is 6.88. The predicted molar refractivity (Wildman–Crippen MR) is 45.1 cm³/mol. The van der Waals surface area contributed by atoms with E-state index < -0.39 is 0 Å². The molecule has 0 saturated heterocycles. The molecule has 3 aliphatic rings. The molecule has 58 valence electrons. The zero-order valence-corrected chi connectivity index (χ0v) is 6.88. The van der Waals surface area contributed by atoms with Gasteiger partial charge in [-0.15, -0.1) is 0 Å². The van der Waals surface area contributed by atoms with Crippen molar-refractivity contribution in [1.82, 2.24) is 4.90 Å². The second-order valence-corrected chi connectivity index (χ2v) is 3.87. The van der Waals surface area contributed by atoms with E-state index in [-0.39, 0.29) is 0 Å². The van der Waals surface area contributed by atoms with Gasteiger partial charge in [0.2, 0.25) is 0 Å². The Balaban J connectivity index is 2.06. The molecule has 2 atom stereocenters. The van der Waals surface area contributed by atoms with Crippen molar-refractivity contribution in [3.8, 4) is 0 Å². The first kappa shape index (κ1) is 5.87. The van der Waals surface area contributed by atoms with Crippen LogP contribution in [0.25, 0.3) is 0 Å². The van der Waals surface area contributed by atoms with Gasteiger partial charge < -0.3 is 4.90 Å². The van der Waals surface area contributed by atoms with Crippen LogP contribution in [0.5, 0.6) is 0 Å². The van der Waals surface area contributed by atoms with Gasteiger partial charge in [-0.2, -0.15) is 0 Å². The molecule has 1 heteroatoms. The SMILES string of the molecule is CN1C2=C(CCC=C2)C2CC21. The molecule has 1 saturated carbocycles. The van der Waals surface area contributed by atoms with Gasteiger partial charge in [0.05, 0.1) is 0 Å². The van der Waals surface area contributed by atoms with Crippen LogP contribution >= 0.6 is 0 Å². The van der Waals surface area contributed by atoms with Crippen LogP contribution in [0.15, 0.2) is 23.4 Å². The molecule has 11 heavy (non-hydrogen) atoms. The van der Waals surface area contributed by atoms with Crippen LogP contribution in [0.1, 0.15) is 19.3 Å². The molecule has 3 rings (SSSR count). The fourth-order valence-electron chi connectivity index (χ4n) is 2.55. The molecule has 2 aliphatic carbocycles. The van der Waals surface area contributed by atoms with Gasteiger partial charge in [-0.3, -0.25) is 0 Å². The Morgan fingerprint density at radius 2 is 2.45 bits per heavy atom. The maximum Gasteiger partial charge on any atom is 0.0360 e. The fraction of sp³-hybridized carbons (Fsp3) is 0.600. The first-order valence-corrected chi connectivity index (χ1v) is 4.50. The summed E-state index contributed by atoms with van der Waals surface area (Å²) in [6.07, 6.45) is 8.65. The number of allylic oxidation sites excluding steroid dienone is 2. The van der Waals surface area contributed by atoms with Crippen molar-refractivity contribution in [2.24, 2.45) is 5.92 Å². The minimum absolute atomic E-state index is 0.891. The third-order valence-electron chi connectivity index (χ3n) is 3.27. The van der Waals surface area contributed by atoms with Gasteiger partial charge in [-0.05, 0) is 30.9 Å². The first-order valence-electron chi connectivity index (χ1n) is 4.50. The maximum absolute atomic E-state index is 2.47. The average Bonchev–Trinajstić information content (AvgIpc) is 2.78. The Morgan fingerprint density at radius 3 is 3.27 bits per heavy atom. The molecule has 0 aromatic rings. The Labute approximate surface area is 67.4 Å². The van der Waals surface area contributed by atoms with Crippen molar-refractivity contribution >= 4 is 0 Å². The normalized spacial score (nSPS) is 39.2. The summed E-state index contributed by atoms with van der Waals surface area (Å²) >= 11 is 0. The quantitative estimate of drug-likeness (QED) is 0.506. The number of rotatable bonds is 0. The molecule has 2 unspecified atom stereocenters. The molecule has 0 radical (unpaired) electrons. The van der Waals surface area contributed by atoms with Crippen molar-refractivity contribution < 1.29 is 0 Å². The number of hydrogen-bond donors (Lipinski definition) is 0. The van der Waals surface area contributed by atoms with Crippen molar-refractivity contribution in [3.05, 3.63) is 23.4 Å².